The number of carbonyl (C=O) groups excluding carboxylic acids is 1. The molecule has 6 heterocycles. The molecule has 37 heavy (non-hydrogen) atoms. The molecular formula is C27H25N9O. The van der Waals surface area contributed by atoms with Gasteiger partial charge in [-0.2, -0.15) is 5.10 Å². The van der Waals surface area contributed by atoms with Crippen LogP contribution in [0.4, 0.5) is 5.69 Å². The molecule has 10 heteroatoms. The van der Waals surface area contributed by atoms with Crippen LogP contribution in [-0.2, 0) is 4.79 Å². The standard InChI is InChI=1S/C27H25N9O/c1-15(2)6-25(37)32-18-7-17(10-28-11-18)22-8-19-24(12-30-22)34-35-26(19)23-9-20-21(33-23)4-5-29-27(20)36-13-16(3)31-14-36/h4-5,7-15,33H,6H2,1-3H3,(H,32,37)(H,34,35). The number of aromatic nitrogens is 8. The average Bonchev–Trinajstić information content (AvgIpc) is 3.60. The molecule has 0 aliphatic heterocycles. The van der Waals surface area contributed by atoms with Crippen molar-refractivity contribution in [2.75, 3.05) is 5.32 Å². The first kappa shape index (κ1) is 22.6. The van der Waals surface area contributed by atoms with Gasteiger partial charge in [0.25, 0.3) is 0 Å². The molecule has 0 unspecified atom stereocenters. The van der Waals surface area contributed by atoms with E-state index in [-0.39, 0.29) is 11.8 Å². The predicted octanol–water partition coefficient (Wildman–Crippen LogP) is 5.04. The fraction of sp³-hybridized carbons (Fsp3) is 0.185. The zero-order chi connectivity index (χ0) is 25.5. The molecule has 0 saturated heterocycles. The number of rotatable bonds is 6. The molecule has 1 amide bonds. The van der Waals surface area contributed by atoms with Gasteiger partial charge in [0.1, 0.15) is 17.8 Å². The van der Waals surface area contributed by atoms with Gasteiger partial charge in [-0.25, -0.2) is 9.97 Å². The van der Waals surface area contributed by atoms with Crippen molar-refractivity contribution in [3.05, 3.63) is 67.3 Å². The first-order chi connectivity index (χ1) is 17.9. The summed E-state index contributed by atoms with van der Waals surface area (Å²) in [6.07, 6.45) is 11.1. The highest BCUT2D eigenvalue weighted by Gasteiger charge is 2.16. The van der Waals surface area contributed by atoms with Crippen molar-refractivity contribution in [1.29, 1.82) is 0 Å². The van der Waals surface area contributed by atoms with Crippen LogP contribution in [0.5, 0.6) is 0 Å². The Morgan fingerprint density at radius 3 is 2.76 bits per heavy atom. The minimum atomic E-state index is -0.0343. The lowest BCUT2D eigenvalue weighted by molar-refractivity contribution is -0.116. The Bertz CT molecular complexity index is 1760. The number of hydrogen-bond acceptors (Lipinski definition) is 6. The fourth-order valence-electron chi connectivity index (χ4n) is 4.42. The van der Waals surface area contributed by atoms with Gasteiger partial charge < -0.3 is 10.3 Å². The summed E-state index contributed by atoms with van der Waals surface area (Å²) >= 11 is 0. The highest BCUT2D eigenvalue weighted by Crippen LogP contribution is 2.32. The zero-order valence-electron chi connectivity index (χ0n) is 20.6. The number of pyridine rings is 3. The van der Waals surface area contributed by atoms with E-state index in [4.69, 9.17) is 0 Å². The Balaban J connectivity index is 1.38. The lowest BCUT2D eigenvalue weighted by atomic mass is 10.1. The number of nitrogens with one attached hydrogen (secondary N) is 3. The molecule has 0 radical (unpaired) electrons. The molecule has 0 bridgehead atoms. The molecule has 0 aromatic carbocycles. The highest BCUT2D eigenvalue weighted by molar-refractivity contribution is 5.98. The second kappa shape index (κ2) is 8.98. The monoisotopic (exact) mass is 491 g/mol. The second-order valence-electron chi connectivity index (χ2n) is 9.50. The number of nitrogens with zero attached hydrogens (tertiary/aromatic N) is 6. The third-order valence-corrected chi connectivity index (χ3v) is 6.10. The van der Waals surface area contributed by atoms with Crippen LogP contribution in [-0.4, -0.2) is 45.6 Å². The van der Waals surface area contributed by atoms with Crippen molar-refractivity contribution in [3.63, 3.8) is 0 Å². The Morgan fingerprint density at radius 2 is 1.95 bits per heavy atom. The van der Waals surface area contributed by atoms with Gasteiger partial charge >= 0.3 is 0 Å². The van der Waals surface area contributed by atoms with E-state index in [2.05, 4.69) is 46.5 Å². The van der Waals surface area contributed by atoms with Gasteiger partial charge in [0.15, 0.2) is 0 Å². The summed E-state index contributed by atoms with van der Waals surface area (Å²) in [5.41, 5.74) is 6.49. The number of hydrogen-bond donors (Lipinski definition) is 3. The molecule has 6 rings (SSSR count). The van der Waals surface area contributed by atoms with Gasteiger partial charge in [-0.15, -0.1) is 0 Å². The molecule has 0 atom stereocenters. The molecule has 0 spiro atoms. The molecule has 6 aromatic rings. The van der Waals surface area contributed by atoms with Crippen LogP contribution in [0.2, 0.25) is 0 Å². The van der Waals surface area contributed by atoms with Gasteiger partial charge in [-0.3, -0.25) is 24.4 Å². The third kappa shape index (κ3) is 4.33. The quantitative estimate of drug-likeness (QED) is 0.299. The van der Waals surface area contributed by atoms with E-state index < -0.39 is 0 Å². The first-order valence-electron chi connectivity index (χ1n) is 12.0. The zero-order valence-corrected chi connectivity index (χ0v) is 20.6. The summed E-state index contributed by atoms with van der Waals surface area (Å²) in [4.78, 5) is 33.5. The normalized spacial score (nSPS) is 11.6. The van der Waals surface area contributed by atoms with E-state index in [0.29, 0.717) is 12.1 Å². The Morgan fingerprint density at radius 1 is 1.05 bits per heavy atom. The van der Waals surface area contributed by atoms with Crippen LogP contribution in [0.15, 0.2) is 61.6 Å². The van der Waals surface area contributed by atoms with Crippen molar-refractivity contribution >= 4 is 33.4 Å². The summed E-state index contributed by atoms with van der Waals surface area (Å²) in [7, 11) is 0. The molecule has 6 aromatic heterocycles. The van der Waals surface area contributed by atoms with Crippen molar-refractivity contribution in [1.82, 2.24) is 39.7 Å². The topological polar surface area (TPSA) is 130 Å². The van der Waals surface area contributed by atoms with Gasteiger partial charge in [0.2, 0.25) is 5.91 Å². The van der Waals surface area contributed by atoms with E-state index >= 15 is 0 Å². The molecule has 0 aliphatic carbocycles. The maximum absolute atomic E-state index is 12.2. The van der Waals surface area contributed by atoms with Crippen LogP contribution in [0.25, 0.3) is 50.3 Å². The summed E-state index contributed by atoms with van der Waals surface area (Å²) < 4.78 is 1.92. The highest BCUT2D eigenvalue weighted by atomic mass is 16.1. The Labute approximate surface area is 212 Å². The number of H-pyrrole nitrogens is 2. The average molecular weight is 492 g/mol. The number of imidazole rings is 1. The molecule has 184 valence electrons. The molecule has 3 N–H and O–H groups in total. The number of aryl methyl sites for hydroxylation is 1. The number of fused-ring (bicyclic) bond motifs is 2. The van der Waals surface area contributed by atoms with Crippen molar-refractivity contribution in [2.24, 2.45) is 5.92 Å². The first-order valence-corrected chi connectivity index (χ1v) is 12.0. The van der Waals surface area contributed by atoms with E-state index in [1.54, 1.807) is 31.1 Å². The summed E-state index contributed by atoms with van der Waals surface area (Å²) in [6.45, 7) is 5.98. The van der Waals surface area contributed by atoms with Crippen LogP contribution in [0.1, 0.15) is 26.0 Å². The van der Waals surface area contributed by atoms with Gasteiger partial charge in [0, 0.05) is 41.3 Å². The minimum Gasteiger partial charge on any atom is -0.353 e. The van der Waals surface area contributed by atoms with Crippen LogP contribution >= 0.6 is 0 Å². The summed E-state index contributed by atoms with van der Waals surface area (Å²) in [5, 5.41) is 12.5. The van der Waals surface area contributed by atoms with E-state index in [1.165, 1.54) is 0 Å². The van der Waals surface area contributed by atoms with Crippen LogP contribution < -0.4 is 5.32 Å². The lowest BCUT2D eigenvalue weighted by Gasteiger charge is -2.08. The maximum atomic E-state index is 12.2. The number of carbonyl (C=O) groups is 1. The molecular weight excluding hydrogens is 466 g/mol. The lowest BCUT2D eigenvalue weighted by Crippen LogP contribution is -2.13. The van der Waals surface area contributed by atoms with E-state index in [1.807, 2.05) is 49.7 Å². The van der Waals surface area contributed by atoms with E-state index in [0.717, 1.165) is 56.0 Å². The minimum absolute atomic E-state index is 0.0343. The molecule has 0 fully saturated rings. The molecule has 10 nitrogen and oxygen atoms in total. The van der Waals surface area contributed by atoms with Gasteiger partial charge in [0.05, 0.1) is 46.2 Å². The van der Waals surface area contributed by atoms with Gasteiger partial charge in [-0.1, -0.05) is 13.8 Å². The Kier molecular flexibility index (Phi) is 5.48. The number of amides is 1. The maximum Gasteiger partial charge on any atom is 0.224 e. The fourth-order valence-corrected chi connectivity index (χ4v) is 4.42. The van der Waals surface area contributed by atoms with Crippen LogP contribution in [0.3, 0.4) is 0 Å². The van der Waals surface area contributed by atoms with Crippen molar-refractivity contribution in [3.8, 4) is 28.5 Å². The van der Waals surface area contributed by atoms with Crippen molar-refractivity contribution < 1.29 is 4.79 Å². The van der Waals surface area contributed by atoms with Crippen molar-refractivity contribution in [2.45, 2.75) is 27.2 Å². The largest absolute Gasteiger partial charge is 0.353 e. The third-order valence-electron chi connectivity index (χ3n) is 6.10. The number of aromatic amines is 2. The SMILES string of the molecule is Cc1cn(-c2nccc3[nH]c(-c4n[nH]c5cnc(-c6cncc(NC(=O)CC(C)C)c6)cc45)cc23)cn1. The summed E-state index contributed by atoms with van der Waals surface area (Å²) in [6, 6.07) is 7.86. The smallest absolute Gasteiger partial charge is 0.224 e. The molecule has 0 saturated carbocycles. The van der Waals surface area contributed by atoms with Gasteiger partial charge in [-0.05, 0) is 37.1 Å². The molecule has 0 aliphatic rings. The Hall–Kier alpha value is -4.86. The van der Waals surface area contributed by atoms with E-state index in [9.17, 15) is 4.79 Å². The summed E-state index contributed by atoms with van der Waals surface area (Å²) in [5.74, 6) is 1.04. The predicted molar refractivity (Wildman–Crippen MR) is 142 cm³/mol. The number of anilines is 1. The second-order valence-corrected chi connectivity index (χ2v) is 9.50. The van der Waals surface area contributed by atoms with Crippen LogP contribution in [0, 0.1) is 12.8 Å².